The second-order valence-electron chi connectivity index (χ2n) is 4.26. The highest BCUT2D eigenvalue weighted by Crippen LogP contribution is 2.17. The minimum atomic E-state index is 0.286. The van der Waals surface area contributed by atoms with Gasteiger partial charge in [0.05, 0.1) is 0 Å². The van der Waals surface area contributed by atoms with E-state index >= 15 is 0 Å². The van der Waals surface area contributed by atoms with Crippen LogP contribution in [0.1, 0.15) is 24.4 Å². The molecule has 0 bridgehead atoms. The maximum atomic E-state index is 5.95. The minimum absolute atomic E-state index is 0.286. The van der Waals surface area contributed by atoms with E-state index < -0.39 is 0 Å². The SMILES string of the molecule is Cc1cc(N2CCC[C@@H](N)C2)nc(C)n1. The molecule has 0 amide bonds. The first-order valence-electron chi connectivity index (χ1n) is 5.48. The Bertz CT molecular complexity index is 330. The summed E-state index contributed by atoms with van der Waals surface area (Å²) >= 11 is 0. The highest BCUT2D eigenvalue weighted by Gasteiger charge is 2.18. The number of anilines is 1. The molecular formula is C11H18N4. The molecular weight excluding hydrogens is 188 g/mol. The summed E-state index contributed by atoms with van der Waals surface area (Å²) in [5.74, 6) is 1.86. The van der Waals surface area contributed by atoms with Gasteiger partial charge in [0, 0.05) is 30.9 Å². The van der Waals surface area contributed by atoms with E-state index in [1.165, 1.54) is 0 Å². The number of nitrogens with zero attached hydrogens (tertiary/aromatic N) is 3. The van der Waals surface area contributed by atoms with Crippen molar-refractivity contribution in [1.82, 2.24) is 9.97 Å². The largest absolute Gasteiger partial charge is 0.355 e. The summed E-state index contributed by atoms with van der Waals surface area (Å²) in [7, 11) is 0. The summed E-state index contributed by atoms with van der Waals surface area (Å²) in [6, 6.07) is 2.32. The highest BCUT2D eigenvalue weighted by atomic mass is 15.2. The number of piperidine rings is 1. The van der Waals surface area contributed by atoms with Gasteiger partial charge in [-0.3, -0.25) is 0 Å². The zero-order chi connectivity index (χ0) is 10.8. The number of hydrogen-bond acceptors (Lipinski definition) is 4. The molecule has 1 aromatic rings. The summed E-state index contributed by atoms with van der Waals surface area (Å²) in [6.45, 7) is 5.90. The van der Waals surface area contributed by atoms with Crippen molar-refractivity contribution in [2.75, 3.05) is 18.0 Å². The van der Waals surface area contributed by atoms with Crippen LogP contribution in [0, 0.1) is 13.8 Å². The van der Waals surface area contributed by atoms with Crippen molar-refractivity contribution in [3.8, 4) is 0 Å². The second-order valence-corrected chi connectivity index (χ2v) is 4.26. The fraction of sp³-hybridized carbons (Fsp3) is 0.636. The standard InChI is InChI=1S/C11H18N4/c1-8-6-11(14-9(2)13-8)15-5-3-4-10(12)7-15/h6,10H,3-5,7,12H2,1-2H3/t10-/m1/s1. The summed E-state index contributed by atoms with van der Waals surface area (Å²) < 4.78 is 0. The van der Waals surface area contributed by atoms with Crippen LogP contribution in [-0.2, 0) is 0 Å². The molecule has 2 heterocycles. The topological polar surface area (TPSA) is 55.0 Å². The minimum Gasteiger partial charge on any atom is -0.355 e. The molecule has 2 N–H and O–H groups in total. The molecule has 0 aliphatic carbocycles. The van der Waals surface area contributed by atoms with Crippen molar-refractivity contribution in [3.05, 3.63) is 17.6 Å². The summed E-state index contributed by atoms with van der Waals surface area (Å²) in [5, 5.41) is 0. The van der Waals surface area contributed by atoms with Crippen LogP contribution < -0.4 is 10.6 Å². The van der Waals surface area contributed by atoms with E-state index in [1.807, 2.05) is 19.9 Å². The molecule has 1 fully saturated rings. The fourth-order valence-electron chi connectivity index (χ4n) is 2.08. The second kappa shape index (κ2) is 4.14. The van der Waals surface area contributed by atoms with E-state index in [0.29, 0.717) is 0 Å². The molecule has 4 nitrogen and oxygen atoms in total. The van der Waals surface area contributed by atoms with E-state index in [4.69, 9.17) is 5.73 Å². The van der Waals surface area contributed by atoms with Gasteiger partial charge in [0.1, 0.15) is 11.6 Å². The quantitative estimate of drug-likeness (QED) is 0.745. The molecule has 1 aliphatic rings. The predicted octanol–water partition coefficient (Wildman–Crippen LogP) is 1.02. The van der Waals surface area contributed by atoms with Crippen LogP contribution in [-0.4, -0.2) is 29.1 Å². The van der Waals surface area contributed by atoms with Crippen LogP contribution in [0.25, 0.3) is 0 Å². The van der Waals surface area contributed by atoms with E-state index in [9.17, 15) is 0 Å². The van der Waals surface area contributed by atoms with Gasteiger partial charge in [0.25, 0.3) is 0 Å². The smallest absolute Gasteiger partial charge is 0.132 e. The van der Waals surface area contributed by atoms with Gasteiger partial charge in [-0.1, -0.05) is 0 Å². The highest BCUT2D eigenvalue weighted by molar-refractivity contribution is 5.40. The number of nitrogens with two attached hydrogens (primary N) is 1. The van der Waals surface area contributed by atoms with Gasteiger partial charge < -0.3 is 10.6 Å². The molecule has 0 saturated carbocycles. The monoisotopic (exact) mass is 206 g/mol. The van der Waals surface area contributed by atoms with Gasteiger partial charge in [-0.25, -0.2) is 9.97 Å². The van der Waals surface area contributed by atoms with Crippen molar-refractivity contribution in [1.29, 1.82) is 0 Å². The van der Waals surface area contributed by atoms with Crippen LogP contribution >= 0.6 is 0 Å². The Hall–Kier alpha value is -1.16. The molecule has 15 heavy (non-hydrogen) atoms. The Morgan fingerprint density at radius 1 is 1.40 bits per heavy atom. The van der Waals surface area contributed by atoms with Gasteiger partial charge in [-0.05, 0) is 26.7 Å². The molecule has 82 valence electrons. The van der Waals surface area contributed by atoms with Crippen LogP contribution in [0.4, 0.5) is 5.82 Å². The van der Waals surface area contributed by atoms with Gasteiger partial charge in [-0.2, -0.15) is 0 Å². The lowest BCUT2D eigenvalue weighted by molar-refractivity contribution is 0.502. The Kier molecular flexibility index (Phi) is 2.86. The van der Waals surface area contributed by atoms with Crippen molar-refractivity contribution >= 4 is 5.82 Å². The number of hydrogen-bond donors (Lipinski definition) is 1. The Labute approximate surface area is 90.5 Å². The molecule has 4 heteroatoms. The van der Waals surface area contributed by atoms with Gasteiger partial charge >= 0.3 is 0 Å². The van der Waals surface area contributed by atoms with Crippen LogP contribution in [0.5, 0.6) is 0 Å². The molecule has 2 rings (SSSR count). The zero-order valence-electron chi connectivity index (χ0n) is 9.40. The lowest BCUT2D eigenvalue weighted by Crippen LogP contribution is -2.43. The number of aromatic nitrogens is 2. The van der Waals surface area contributed by atoms with Crippen molar-refractivity contribution in [3.63, 3.8) is 0 Å². The molecule has 0 aromatic carbocycles. The van der Waals surface area contributed by atoms with Gasteiger partial charge in [0.2, 0.25) is 0 Å². The first kappa shape index (κ1) is 10.4. The van der Waals surface area contributed by atoms with Crippen LogP contribution in [0.3, 0.4) is 0 Å². The van der Waals surface area contributed by atoms with Crippen molar-refractivity contribution in [2.45, 2.75) is 32.7 Å². The normalized spacial score (nSPS) is 21.8. The van der Waals surface area contributed by atoms with E-state index in [1.54, 1.807) is 0 Å². The molecule has 1 atom stereocenters. The van der Waals surface area contributed by atoms with E-state index in [2.05, 4.69) is 14.9 Å². The Morgan fingerprint density at radius 3 is 2.87 bits per heavy atom. The zero-order valence-corrected chi connectivity index (χ0v) is 9.40. The first-order valence-corrected chi connectivity index (χ1v) is 5.48. The predicted molar refractivity (Wildman–Crippen MR) is 60.9 cm³/mol. The summed E-state index contributed by atoms with van der Waals surface area (Å²) in [4.78, 5) is 11.0. The van der Waals surface area contributed by atoms with Crippen molar-refractivity contribution in [2.24, 2.45) is 5.73 Å². The average Bonchev–Trinajstić information content (AvgIpc) is 2.16. The fourth-order valence-corrected chi connectivity index (χ4v) is 2.08. The Morgan fingerprint density at radius 2 is 2.20 bits per heavy atom. The van der Waals surface area contributed by atoms with Crippen LogP contribution in [0.2, 0.25) is 0 Å². The molecule has 0 spiro atoms. The number of aryl methyl sites for hydroxylation is 2. The first-order chi connectivity index (χ1) is 7.15. The third kappa shape index (κ3) is 2.45. The van der Waals surface area contributed by atoms with E-state index in [0.717, 1.165) is 43.3 Å². The maximum Gasteiger partial charge on any atom is 0.132 e. The molecule has 1 aromatic heterocycles. The van der Waals surface area contributed by atoms with Crippen LogP contribution in [0.15, 0.2) is 6.07 Å². The Balaban J connectivity index is 2.20. The third-order valence-electron chi connectivity index (χ3n) is 2.73. The maximum absolute atomic E-state index is 5.95. The molecule has 1 aliphatic heterocycles. The summed E-state index contributed by atoms with van der Waals surface area (Å²) in [6.07, 6.45) is 2.28. The van der Waals surface area contributed by atoms with Gasteiger partial charge in [-0.15, -0.1) is 0 Å². The van der Waals surface area contributed by atoms with Gasteiger partial charge in [0.15, 0.2) is 0 Å². The van der Waals surface area contributed by atoms with E-state index in [-0.39, 0.29) is 6.04 Å². The lowest BCUT2D eigenvalue weighted by Gasteiger charge is -2.31. The average molecular weight is 206 g/mol. The lowest BCUT2D eigenvalue weighted by atomic mass is 10.1. The molecule has 1 saturated heterocycles. The third-order valence-corrected chi connectivity index (χ3v) is 2.73. The molecule has 0 unspecified atom stereocenters. The summed E-state index contributed by atoms with van der Waals surface area (Å²) in [5.41, 5.74) is 6.98. The van der Waals surface area contributed by atoms with Crippen molar-refractivity contribution < 1.29 is 0 Å². The molecule has 0 radical (unpaired) electrons. The number of rotatable bonds is 1.